The molecule has 0 saturated carbocycles. The van der Waals surface area contributed by atoms with E-state index in [1.54, 1.807) is 41.0 Å². The summed E-state index contributed by atoms with van der Waals surface area (Å²) >= 11 is 5.93. The van der Waals surface area contributed by atoms with E-state index in [1.165, 1.54) is 23.0 Å². The highest BCUT2D eigenvalue weighted by molar-refractivity contribution is 6.30. The van der Waals surface area contributed by atoms with E-state index < -0.39 is 0 Å². The topological polar surface area (TPSA) is 68.9 Å². The number of anilines is 1. The smallest absolute Gasteiger partial charge is 0.263 e. The number of aromatic nitrogens is 3. The van der Waals surface area contributed by atoms with Crippen LogP contribution in [-0.4, -0.2) is 20.0 Å². The van der Waals surface area contributed by atoms with Crippen molar-refractivity contribution in [3.63, 3.8) is 0 Å². The van der Waals surface area contributed by atoms with Crippen LogP contribution in [0.4, 0.5) is 10.1 Å². The Morgan fingerprint density at radius 2 is 1.94 bits per heavy atom. The predicted molar refractivity (Wildman–Crippen MR) is 119 cm³/mol. The summed E-state index contributed by atoms with van der Waals surface area (Å²) in [5.74, 6) is -0.602. The van der Waals surface area contributed by atoms with Gasteiger partial charge < -0.3 is 5.32 Å². The summed E-state index contributed by atoms with van der Waals surface area (Å²) in [6.07, 6.45) is 1.52. The Labute approximate surface area is 182 Å². The van der Waals surface area contributed by atoms with Crippen LogP contribution in [0.2, 0.25) is 5.02 Å². The second-order valence-electron chi connectivity index (χ2n) is 7.28. The lowest BCUT2D eigenvalue weighted by molar-refractivity contribution is -0.116. The first-order valence-corrected chi connectivity index (χ1v) is 10.1. The van der Waals surface area contributed by atoms with Crippen LogP contribution in [-0.2, 0) is 11.3 Å². The summed E-state index contributed by atoms with van der Waals surface area (Å²) in [4.78, 5) is 29.9. The number of benzene rings is 2. The largest absolute Gasteiger partial charge is 0.326 e. The normalized spacial score (nSPS) is 11.1. The van der Waals surface area contributed by atoms with Gasteiger partial charge in [-0.15, -0.1) is 0 Å². The van der Waals surface area contributed by atoms with Crippen molar-refractivity contribution in [3.8, 4) is 5.69 Å². The number of fused-ring (bicyclic) bond motifs is 1. The number of nitrogens with one attached hydrogen (secondary N) is 1. The maximum Gasteiger partial charge on any atom is 0.263 e. The molecule has 0 atom stereocenters. The Bertz CT molecular complexity index is 1360. The number of nitrogens with zero attached hydrogens (tertiary/aromatic N) is 3. The van der Waals surface area contributed by atoms with Crippen molar-refractivity contribution in [1.82, 2.24) is 14.1 Å². The maximum absolute atomic E-state index is 13.7. The van der Waals surface area contributed by atoms with Crippen molar-refractivity contribution >= 4 is 34.2 Å². The average molecular weight is 439 g/mol. The number of carbonyl (C=O) groups is 1. The fourth-order valence-electron chi connectivity index (χ4n) is 3.59. The Hall–Kier alpha value is -3.45. The highest BCUT2D eigenvalue weighted by Gasteiger charge is 2.18. The highest BCUT2D eigenvalue weighted by Crippen LogP contribution is 2.25. The van der Waals surface area contributed by atoms with Crippen LogP contribution in [0.3, 0.4) is 0 Å². The molecule has 0 saturated heterocycles. The van der Waals surface area contributed by atoms with E-state index in [4.69, 9.17) is 11.6 Å². The number of carbonyl (C=O) groups excluding carboxylic acids is 1. The molecule has 0 bridgehead atoms. The van der Waals surface area contributed by atoms with Gasteiger partial charge in [-0.25, -0.2) is 9.37 Å². The third kappa shape index (κ3) is 4.09. The second kappa shape index (κ2) is 8.35. The van der Waals surface area contributed by atoms with Gasteiger partial charge in [-0.1, -0.05) is 23.7 Å². The van der Waals surface area contributed by atoms with E-state index >= 15 is 0 Å². The summed E-state index contributed by atoms with van der Waals surface area (Å²) in [5, 5.41) is 3.75. The van der Waals surface area contributed by atoms with Crippen LogP contribution in [0.1, 0.15) is 17.7 Å². The summed E-state index contributed by atoms with van der Waals surface area (Å²) in [6, 6.07) is 13.0. The van der Waals surface area contributed by atoms with E-state index in [2.05, 4.69) is 10.3 Å². The number of amides is 1. The fourth-order valence-corrected chi connectivity index (χ4v) is 3.78. The third-order valence-corrected chi connectivity index (χ3v) is 5.47. The van der Waals surface area contributed by atoms with Crippen molar-refractivity contribution in [2.24, 2.45) is 0 Å². The van der Waals surface area contributed by atoms with Gasteiger partial charge in [0.1, 0.15) is 5.82 Å². The molecule has 0 fully saturated rings. The first-order chi connectivity index (χ1) is 14.8. The number of aryl methyl sites for hydroxylation is 2. The predicted octanol–water partition coefficient (Wildman–Crippen LogP) is 4.63. The molecule has 2 aromatic heterocycles. The van der Waals surface area contributed by atoms with Gasteiger partial charge in [0.05, 0.1) is 17.4 Å². The van der Waals surface area contributed by atoms with Crippen LogP contribution < -0.4 is 10.9 Å². The molecule has 4 rings (SSSR count). The molecule has 4 aromatic rings. The van der Waals surface area contributed by atoms with Crippen molar-refractivity contribution in [2.45, 2.75) is 26.8 Å². The molecule has 0 aliphatic carbocycles. The molecule has 0 radical (unpaired) electrons. The lowest BCUT2D eigenvalue weighted by Gasteiger charge is -2.09. The van der Waals surface area contributed by atoms with Crippen molar-refractivity contribution in [3.05, 3.63) is 87.3 Å². The first kappa shape index (κ1) is 20.8. The minimum absolute atomic E-state index is 0.0994. The molecular weight excluding hydrogens is 419 g/mol. The summed E-state index contributed by atoms with van der Waals surface area (Å²) in [7, 11) is 0. The quantitative estimate of drug-likeness (QED) is 0.494. The molecule has 2 heterocycles. The van der Waals surface area contributed by atoms with Gasteiger partial charge in [-0.3, -0.25) is 18.7 Å². The summed E-state index contributed by atoms with van der Waals surface area (Å²) < 4.78 is 16.9. The molecule has 158 valence electrons. The number of hydrogen-bond donors (Lipinski definition) is 1. The highest BCUT2D eigenvalue weighted by atomic mass is 35.5. The fraction of sp³-hybridized carbons (Fsp3) is 0.174. The van der Waals surface area contributed by atoms with Gasteiger partial charge in [-0.2, -0.15) is 0 Å². The van der Waals surface area contributed by atoms with Crippen LogP contribution in [0.5, 0.6) is 0 Å². The van der Waals surface area contributed by atoms with Gasteiger partial charge in [0.25, 0.3) is 5.56 Å². The molecule has 31 heavy (non-hydrogen) atoms. The minimum atomic E-state index is -0.365. The Morgan fingerprint density at radius 1 is 1.16 bits per heavy atom. The van der Waals surface area contributed by atoms with Gasteiger partial charge in [0.15, 0.2) is 5.65 Å². The lowest BCUT2D eigenvalue weighted by atomic mass is 10.2. The number of halogens is 2. The molecular formula is C23H20ClFN4O2. The van der Waals surface area contributed by atoms with E-state index in [0.29, 0.717) is 27.4 Å². The second-order valence-corrected chi connectivity index (χ2v) is 7.71. The molecule has 1 N–H and O–H groups in total. The van der Waals surface area contributed by atoms with E-state index in [0.717, 1.165) is 11.3 Å². The van der Waals surface area contributed by atoms with Gasteiger partial charge in [-0.05, 0) is 55.8 Å². The zero-order valence-electron chi connectivity index (χ0n) is 17.0. The third-order valence-electron chi connectivity index (χ3n) is 5.24. The molecule has 0 unspecified atom stereocenters. The van der Waals surface area contributed by atoms with Crippen molar-refractivity contribution < 1.29 is 9.18 Å². The lowest BCUT2D eigenvalue weighted by Crippen LogP contribution is -2.24. The zero-order chi connectivity index (χ0) is 22.1. The van der Waals surface area contributed by atoms with Crippen LogP contribution >= 0.6 is 11.6 Å². The first-order valence-electron chi connectivity index (χ1n) is 9.73. The van der Waals surface area contributed by atoms with Crippen LogP contribution in [0, 0.1) is 19.7 Å². The monoisotopic (exact) mass is 438 g/mol. The van der Waals surface area contributed by atoms with Gasteiger partial charge in [0.2, 0.25) is 5.91 Å². The summed E-state index contributed by atoms with van der Waals surface area (Å²) in [6.45, 7) is 3.88. The standard InChI is InChI=1S/C23H20ClFN4O2/c1-14-15(2)29(19-8-4-6-17(25)12-19)22-21(14)23(31)28(13-26-22)10-9-20(30)27-18-7-3-5-16(24)11-18/h3-8,11-13H,9-10H2,1-2H3,(H,27,30). The molecule has 0 spiro atoms. The van der Waals surface area contributed by atoms with Crippen LogP contribution in [0.15, 0.2) is 59.7 Å². The Balaban J connectivity index is 1.62. The Morgan fingerprint density at radius 3 is 2.68 bits per heavy atom. The molecule has 0 aliphatic heterocycles. The van der Waals surface area contributed by atoms with E-state index in [9.17, 15) is 14.0 Å². The maximum atomic E-state index is 13.7. The zero-order valence-corrected chi connectivity index (χ0v) is 17.8. The minimum Gasteiger partial charge on any atom is -0.326 e. The van der Waals surface area contributed by atoms with Gasteiger partial charge >= 0.3 is 0 Å². The molecule has 8 heteroatoms. The molecule has 1 amide bonds. The van der Waals surface area contributed by atoms with Crippen molar-refractivity contribution in [1.29, 1.82) is 0 Å². The SMILES string of the molecule is Cc1c(C)n(-c2cccc(F)c2)c2ncn(CCC(=O)Nc3cccc(Cl)c3)c(=O)c12. The van der Waals surface area contributed by atoms with Gasteiger partial charge in [0, 0.05) is 29.4 Å². The average Bonchev–Trinajstić information content (AvgIpc) is 2.98. The van der Waals surface area contributed by atoms with Crippen LogP contribution in [0.25, 0.3) is 16.7 Å². The molecule has 6 nitrogen and oxygen atoms in total. The van der Waals surface area contributed by atoms with E-state index in [1.807, 2.05) is 13.8 Å². The molecule has 0 aliphatic rings. The molecule has 2 aromatic carbocycles. The Kier molecular flexibility index (Phi) is 5.61. The van der Waals surface area contributed by atoms with E-state index in [-0.39, 0.29) is 30.2 Å². The summed E-state index contributed by atoms with van der Waals surface area (Å²) in [5.41, 5.74) is 3.00. The number of rotatable bonds is 5. The van der Waals surface area contributed by atoms with Crippen molar-refractivity contribution in [2.75, 3.05) is 5.32 Å². The number of hydrogen-bond acceptors (Lipinski definition) is 3.